The summed E-state index contributed by atoms with van der Waals surface area (Å²) in [5.41, 5.74) is 0.953. The van der Waals surface area contributed by atoms with Crippen LogP contribution in [0.15, 0.2) is 24.3 Å². The maximum Gasteiger partial charge on any atom is 0.303 e. The Morgan fingerprint density at radius 1 is 1.56 bits per heavy atom. The largest absolute Gasteiger partial charge is 0.481 e. The molecule has 0 unspecified atom stereocenters. The fourth-order valence-electron chi connectivity index (χ4n) is 1.25. The van der Waals surface area contributed by atoms with E-state index >= 15 is 0 Å². The van der Waals surface area contributed by atoms with Crippen molar-refractivity contribution in [3.8, 4) is 6.07 Å². The van der Waals surface area contributed by atoms with Crippen LogP contribution in [0.1, 0.15) is 17.5 Å². The molecule has 0 aromatic heterocycles. The van der Waals surface area contributed by atoms with Crippen molar-refractivity contribution in [3.63, 3.8) is 0 Å². The Morgan fingerprint density at radius 2 is 2.31 bits per heavy atom. The molecule has 0 amide bonds. The van der Waals surface area contributed by atoms with E-state index in [1.165, 1.54) is 24.3 Å². The fourth-order valence-corrected chi connectivity index (χ4v) is 1.25. The maximum atomic E-state index is 13.4. The zero-order valence-electron chi connectivity index (χ0n) is 8.48. The number of aryl methyl sites for hydroxylation is 1. The molecule has 1 rings (SSSR count). The van der Waals surface area contributed by atoms with E-state index in [1.54, 1.807) is 6.07 Å². The van der Waals surface area contributed by atoms with Gasteiger partial charge in [-0.1, -0.05) is 12.1 Å². The van der Waals surface area contributed by atoms with Crippen LogP contribution in [0, 0.1) is 17.1 Å². The number of carboxylic acid groups (broad SMARTS) is 1. The lowest BCUT2D eigenvalue weighted by atomic mass is 10.1. The van der Waals surface area contributed by atoms with Crippen LogP contribution in [0.25, 0.3) is 6.08 Å². The molecule has 0 fully saturated rings. The van der Waals surface area contributed by atoms with Gasteiger partial charge in [0.2, 0.25) is 0 Å². The van der Waals surface area contributed by atoms with E-state index in [0.717, 1.165) is 0 Å². The molecule has 4 heteroatoms. The molecule has 0 aliphatic carbocycles. The van der Waals surface area contributed by atoms with Crippen molar-refractivity contribution in [3.05, 3.63) is 41.2 Å². The van der Waals surface area contributed by atoms with Crippen molar-refractivity contribution in [2.45, 2.75) is 12.8 Å². The third-order valence-corrected chi connectivity index (χ3v) is 2.04. The molecular weight excluding hydrogens is 209 g/mol. The minimum Gasteiger partial charge on any atom is -0.481 e. The van der Waals surface area contributed by atoms with Crippen molar-refractivity contribution in [2.75, 3.05) is 0 Å². The van der Waals surface area contributed by atoms with E-state index in [9.17, 15) is 9.18 Å². The molecule has 0 aliphatic rings. The minimum absolute atomic E-state index is 0.0930. The monoisotopic (exact) mass is 219 g/mol. The molecule has 0 radical (unpaired) electrons. The lowest BCUT2D eigenvalue weighted by Gasteiger charge is -2.02. The van der Waals surface area contributed by atoms with Gasteiger partial charge in [-0.25, -0.2) is 4.39 Å². The van der Waals surface area contributed by atoms with Crippen LogP contribution in [-0.4, -0.2) is 11.1 Å². The van der Waals surface area contributed by atoms with Crippen molar-refractivity contribution in [1.29, 1.82) is 5.26 Å². The molecule has 0 saturated carbocycles. The first-order valence-electron chi connectivity index (χ1n) is 4.70. The van der Waals surface area contributed by atoms with Crippen LogP contribution in [0.4, 0.5) is 4.39 Å². The number of hydrogen-bond acceptors (Lipinski definition) is 2. The van der Waals surface area contributed by atoms with Crippen LogP contribution >= 0.6 is 0 Å². The number of rotatable bonds is 4. The summed E-state index contributed by atoms with van der Waals surface area (Å²) in [6, 6.07) is 6.28. The molecule has 82 valence electrons. The second-order valence-corrected chi connectivity index (χ2v) is 3.21. The average molecular weight is 219 g/mol. The van der Waals surface area contributed by atoms with Gasteiger partial charge >= 0.3 is 5.97 Å². The van der Waals surface area contributed by atoms with Gasteiger partial charge in [-0.05, 0) is 29.7 Å². The van der Waals surface area contributed by atoms with E-state index in [1.807, 2.05) is 6.07 Å². The van der Waals surface area contributed by atoms with Crippen molar-refractivity contribution in [2.24, 2.45) is 0 Å². The molecule has 16 heavy (non-hydrogen) atoms. The number of nitrogens with zero attached hydrogens (tertiary/aromatic N) is 1. The van der Waals surface area contributed by atoms with Gasteiger partial charge in [-0.3, -0.25) is 4.79 Å². The van der Waals surface area contributed by atoms with Crippen molar-refractivity contribution < 1.29 is 14.3 Å². The van der Waals surface area contributed by atoms with Crippen molar-refractivity contribution in [1.82, 2.24) is 0 Å². The predicted octanol–water partition coefficient (Wildman–Crippen LogP) is 2.38. The highest BCUT2D eigenvalue weighted by atomic mass is 19.1. The van der Waals surface area contributed by atoms with Crippen molar-refractivity contribution >= 4 is 12.0 Å². The quantitative estimate of drug-likeness (QED) is 0.791. The molecule has 0 spiro atoms. The lowest BCUT2D eigenvalue weighted by molar-refractivity contribution is -0.136. The highest BCUT2D eigenvalue weighted by Gasteiger charge is 2.05. The van der Waals surface area contributed by atoms with Gasteiger partial charge in [-0.15, -0.1) is 0 Å². The van der Waals surface area contributed by atoms with Gasteiger partial charge in [0.05, 0.1) is 6.07 Å². The van der Waals surface area contributed by atoms with Crippen LogP contribution in [0.3, 0.4) is 0 Å². The Morgan fingerprint density at radius 3 is 2.88 bits per heavy atom. The third kappa shape index (κ3) is 3.54. The molecule has 1 aromatic rings. The summed E-state index contributed by atoms with van der Waals surface area (Å²) in [5, 5.41) is 16.8. The normalized spacial score (nSPS) is 10.2. The van der Waals surface area contributed by atoms with Crippen LogP contribution in [0.5, 0.6) is 0 Å². The highest BCUT2D eigenvalue weighted by Crippen LogP contribution is 2.13. The number of nitriles is 1. The van der Waals surface area contributed by atoms with Gasteiger partial charge in [0.1, 0.15) is 5.82 Å². The molecule has 0 saturated heterocycles. The number of aliphatic carboxylic acids is 1. The van der Waals surface area contributed by atoms with Gasteiger partial charge in [0, 0.05) is 12.5 Å². The second-order valence-electron chi connectivity index (χ2n) is 3.21. The van der Waals surface area contributed by atoms with Gasteiger partial charge in [0.15, 0.2) is 0 Å². The molecular formula is C12H10FNO2. The Kier molecular flexibility index (Phi) is 4.22. The number of benzene rings is 1. The number of carboxylic acids is 1. The summed E-state index contributed by atoms with van der Waals surface area (Å²) in [4.78, 5) is 10.3. The van der Waals surface area contributed by atoms with Gasteiger partial charge in [-0.2, -0.15) is 5.26 Å². The number of carbonyl (C=O) groups is 1. The van der Waals surface area contributed by atoms with E-state index in [0.29, 0.717) is 11.1 Å². The topological polar surface area (TPSA) is 61.1 Å². The molecule has 0 atom stereocenters. The van der Waals surface area contributed by atoms with Gasteiger partial charge < -0.3 is 5.11 Å². The maximum absolute atomic E-state index is 13.4. The summed E-state index contributed by atoms with van der Waals surface area (Å²) < 4.78 is 13.4. The lowest BCUT2D eigenvalue weighted by Crippen LogP contribution is -1.99. The summed E-state index contributed by atoms with van der Waals surface area (Å²) in [6.45, 7) is 0. The Hall–Kier alpha value is -2.15. The minimum atomic E-state index is -0.951. The fraction of sp³-hybridized carbons (Fsp3) is 0.167. The first-order valence-corrected chi connectivity index (χ1v) is 4.70. The molecule has 0 bridgehead atoms. The SMILES string of the molecule is N#CC=Cc1ccc(CCC(=O)O)c(F)c1. The van der Waals surface area contributed by atoms with Gasteiger partial charge in [0.25, 0.3) is 0 Å². The Balaban J connectivity index is 2.79. The van der Waals surface area contributed by atoms with E-state index in [2.05, 4.69) is 0 Å². The molecule has 0 heterocycles. The molecule has 1 N–H and O–H groups in total. The highest BCUT2D eigenvalue weighted by molar-refractivity contribution is 5.67. The Labute approximate surface area is 92.4 Å². The number of allylic oxidation sites excluding steroid dienone is 1. The van der Waals surface area contributed by atoms with Crippen LogP contribution in [0.2, 0.25) is 0 Å². The van der Waals surface area contributed by atoms with E-state index < -0.39 is 11.8 Å². The number of halogens is 1. The first kappa shape index (κ1) is 11.9. The summed E-state index contributed by atoms with van der Waals surface area (Å²) in [7, 11) is 0. The number of hydrogen-bond donors (Lipinski definition) is 1. The molecule has 3 nitrogen and oxygen atoms in total. The summed E-state index contributed by atoms with van der Waals surface area (Å²) in [5.74, 6) is -1.39. The Bertz CT molecular complexity index is 461. The van der Waals surface area contributed by atoms with Crippen LogP contribution < -0.4 is 0 Å². The first-order chi connectivity index (χ1) is 7.63. The standard InChI is InChI=1S/C12H10FNO2/c13-11-8-9(2-1-7-14)3-4-10(11)5-6-12(15)16/h1-4,8H,5-6H2,(H,15,16). The van der Waals surface area contributed by atoms with E-state index in [4.69, 9.17) is 10.4 Å². The zero-order valence-corrected chi connectivity index (χ0v) is 8.48. The van der Waals surface area contributed by atoms with Crippen LogP contribution in [-0.2, 0) is 11.2 Å². The smallest absolute Gasteiger partial charge is 0.303 e. The third-order valence-electron chi connectivity index (χ3n) is 2.04. The predicted molar refractivity (Wildman–Crippen MR) is 57.0 cm³/mol. The molecule has 1 aromatic carbocycles. The summed E-state index contributed by atoms with van der Waals surface area (Å²) in [6.07, 6.45) is 2.82. The second kappa shape index (κ2) is 5.66. The summed E-state index contributed by atoms with van der Waals surface area (Å²) >= 11 is 0. The van der Waals surface area contributed by atoms with E-state index in [-0.39, 0.29) is 12.8 Å². The molecule has 0 aliphatic heterocycles. The average Bonchev–Trinajstić information content (AvgIpc) is 2.24. The zero-order chi connectivity index (χ0) is 12.0.